The second-order valence-electron chi connectivity index (χ2n) is 6.89. The molecule has 0 spiro atoms. The summed E-state index contributed by atoms with van der Waals surface area (Å²) in [6.07, 6.45) is -5.08. The smallest absolute Gasteiger partial charge is 0.489 e. The van der Waals surface area contributed by atoms with E-state index in [4.69, 9.17) is 14.6 Å². The molecule has 178 valence electrons. The fourth-order valence-corrected chi connectivity index (χ4v) is 3.05. The number of likely N-dealkylation sites (N-methyl/N-ethyl adjacent to an activating group) is 1. The fourth-order valence-electron chi connectivity index (χ4n) is 3.05. The zero-order valence-corrected chi connectivity index (χ0v) is 18.1. The van der Waals surface area contributed by atoms with Gasteiger partial charge < -0.3 is 19.7 Å². The monoisotopic (exact) mass is 468 g/mol. The molecule has 0 saturated heterocycles. The number of aromatic amines is 1. The van der Waals surface area contributed by atoms with Gasteiger partial charge in [0, 0.05) is 17.5 Å². The van der Waals surface area contributed by atoms with Crippen molar-refractivity contribution in [1.29, 1.82) is 0 Å². The molecule has 0 atom stereocenters. The molecule has 2 aromatic carbocycles. The van der Waals surface area contributed by atoms with Crippen LogP contribution in [-0.4, -0.2) is 53.4 Å². The van der Waals surface area contributed by atoms with E-state index in [0.29, 0.717) is 28.8 Å². The summed E-state index contributed by atoms with van der Waals surface area (Å²) in [4.78, 5) is 26.5. The third kappa shape index (κ3) is 7.04. The van der Waals surface area contributed by atoms with Gasteiger partial charge in [-0.25, -0.2) is 9.18 Å². The number of carbonyl (C=O) groups is 1. The van der Waals surface area contributed by atoms with E-state index >= 15 is 0 Å². The lowest BCUT2D eigenvalue weighted by atomic mass is 10.1. The molecule has 0 radical (unpaired) electrons. The number of fused-ring (bicyclic) bond motifs is 1. The second kappa shape index (κ2) is 11.5. The Morgan fingerprint density at radius 2 is 1.67 bits per heavy atom. The number of halogens is 4. The topological polar surface area (TPSA) is 82.6 Å². The summed E-state index contributed by atoms with van der Waals surface area (Å²) in [5.41, 5.74) is 1.15. The summed E-state index contributed by atoms with van der Waals surface area (Å²) >= 11 is 0. The summed E-state index contributed by atoms with van der Waals surface area (Å²) < 4.78 is 51.5. The third-order valence-corrected chi connectivity index (χ3v) is 4.79. The molecule has 1 heterocycles. The zero-order chi connectivity index (χ0) is 24.6. The summed E-state index contributed by atoms with van der Waals surface area (Å²) in [6, 6.07) is 13.8. The number of aliphatic carboxylic acids is 1. The first kappa shape index (κ1) is 25.9. The van der Waals surface area contributed by atoms with Crippen molar-refractivity contribution in [1.82, 2.24) is 9.88 Å². The quantitative estimate of drug-likeness (QED) is 0.492. The van der Waals surface area contributed by atoms with Gasteiger partial charge in [-0.2, -0.15) is 13.2 Å². The first-order chi connectivity index (χ1) is 15.6. The predicted octanol–water partition coefficient (Wildman–Crippen LogP) is 4.69. The lowest BCUT2D eigenvalue weighted by Gasteiger charge is -2.20. The molecule has 0 bridgehead atoms. The van der Waals surface area contributed by atoms with Crippen LogP contribution in [0, 0.1) is 5.82 Å². The van der Waals surface area contributed by atoms with E-state index in [1.165, 1.54) is 12.1 Å². The Balaban J connectivity index is 0.000000479. The molecule has 3 aromatic rings. The number of benzene rings is 2. The van der Waals surface area contributed by atoms with Gasteiger partial charge in [0.25, 0.3) is 5.56 Å². The number of ether oxygens (including phenoxy) is 1. The highest BCUT2D eigenvalue weighted by atomic mass is 19.4. The number of nitrogens with one attached hydrogen (secondary N) is 1. The Bertz CT molecular complexity index is 1130. The lowest BCUT2D eigenvalue weighted by Crippen LogP contribution is -2.28. The van der Waals surface area contributed by atoms with Crippen molar-refractivity contribution in [3.8, 4) is 17.0 Å². The van der Waals surface area contributed by atoms with Crippen molar-refractivity contribution in [2.24, 2.45) is 0 Å². The van der Waals surface area contributed by atoms with Gasteiger partial charge in [0.1, 0.15) is 12.4 Å². The number of hydrogen-bond donors (Lipinski definition) is 2. The van der Waals surface area contributed by atoms with Crippen LogP contribution in [0.5, 0.6) is 5.75 Å². The predicted molar refractivity (Wildman–Crippen MR) is 117 cm³/mol. The first-order valence-electron chi connectivity index (χ1n) is 10.1. The number of alkyl halides is 3. The minimum absolute atomic E-state index is 0.294. The molecular weight excluding hydrogens is 444 g/mol. The second-order valence-corrected chi connectivity index (χ2v) is 6.89. The average Bonchev–Trinajstić information content (AvgIpc) is 2.78. The van der Waals surface area contributed by atoms with Gasteiger partial charge in [0.15, 0.2) is 5.75 Å². The number of H-pyrrole nitrogens is 1. The number of aromatic nitrogens is 1. The molecule has 33 heavy (non-hydrogen) atoms. The molecule has 0 unspecified atom stereocenters. The van der Waals surface area contributed by atoms with Crippen LogP contribution in [0.4, 0.5) is 17.6 Å². The Labute approximate surface area is 187 Å². The normalized spacial score (nSPS) is 11.2. The number of nitrogens with zero attached hydrogens (tertiary/aromatic N) is 1. The van der Waals surface area contributed by atoms with Crippen LogP contribution >= 0.6 is 0 Å². The number of carboxylic acids is 1. The van der Waals surface area contributed by atoms with Crippen LogP contribution in [0.2, 0.25) is 0 Å². The van der Waals surface area contributed by atoms with Gasteiger partial charge in [-0.3, -0.25) is 4.79 Å². The van der Waals surface area contributed by atoms with Gasteiger partial charge >= 0.3 is 12.1 Å². The molecule has 6 nitrogen and oxygen atoms in total. The molecule has 1 aromatic heterocycles. The highest BCUT2D eigenvalue weighted by Gasteiger charge is 2.38. The van der Waals surface area contributed by atoms with Crippen LogP contribution in [0.25, 0.3) is 22.0 Å². The molecule has 0 aliphatic heterocycles. The minimum atomic E-state index is -5.08. The number of carboxylic acid groups (broad SMARTS) is 1. The maximum absolute atomic E-state index is 13.6. The van der Waals surface area contributed by atoms with E-state index in [1.807, 2.05) is 30.3 Å². The molecule has 10 heteroatoms. The van der Waals surface area contributed by atoms with E-state index in [9.17, 15) is 22.4 Å². The number of rotatable bonds is 7. The SMILES string of the molecule is CCN(CC)CCOc1c(-c2ccccc2)[nH]c(=O)c2cc(F)ccc12.O=C(O)C(F)(F)F. The average molecular weight is 468 g/mol. The van der Waals surface area contributed by atoms with Crippen molar-refractivity contribution in [2.45, 2.75) is 20.0 Å². The Morgan fingerprint density at radius 1 is 1.06 bits per heavy atom. The molecular formula is C23H24F4N2O4. The van der Waals surface area contributed by atoms with Crippen molar-refractivity contribution < 1.29 is 32.2 Å². The van der Waals surface area contributed by atoms with E-state index in [0.717, 1.165) is 25.2 Å². The molecule has 3 rings (SSSR count). The van der Waals surface area contributed by atoms with E-state index < -0.39 is 18.0 Å². The Kier molecular flexibility index (Phi) is 8.98. The highest BCUT2D eigenvalue weighted by molar-refractivity contribution is 5.92. The summed E-state index contributed by atoms with van der Waals surface area (Å²) in [6.45, 7) is 7.38. The molecule has 0 aliphatic carbocycles. The van der Waals surface area contributed by atoms with Gasteiger partial charge in [0.05, 0.1) is 11.1 Å². The van der Waals surface area contributed by atoms with Gasteiger partial charge in [-0.1, -0.05) is 44.2 Å². The Morgan fingerprint density at radius 3 is 2.21 bits per heavy atom. The summed E-state index contributed by atoms with van der Waals surface area (Å²) in [5, 5.41) is 8.04. The number of hydrogen-bond acceptors (Lipinski definition) is 4. The van der Waals surface area contributed by atoms with Crippen molar-refractivity contribution >= 4 is 16.7 Å². The van der Waals surface area contributed by atoms with Gasteiger partial charge in [-0.05, 0) is 31.3 Å². The van der Waals surface area contributed by atoms with E-state index in [1.54, 1.807) is 6.07 Å². The van der Waals surface area contributed by atoms with Crippen LogP contribution in [-0.2, 0) is 4.79 Å². The highest BCUT2D eigenvalue weighted by Crippen LogP contribution is 2.33. The molecule has 0 aliphatic rings. The van der Waals surface area contributed by atoms with E-state index in [-0.39, 0.29) is 5.56 Å². The maximum atomic E-state index is 13.6. The minimum Gasteiger partial charge on any atom is -0.489 e. The van der Waals surface area contributed by atoms with Crippen LogP contribution in [0.15, 0.2) is 53.3 Å². The molecule has 0 fully saturated rings. The number of pyridine rings is 1. The molecule has 0 saturated carbocycles. The summed E-state index contributed by atoms with van der Waals surface area (Å²) in [5.74, 6) is -2.62. The third-order valence-electron chi connectivity index (χ3n) is 4.79. The summed E-state index contributed by atoms with van der Waals surface area (Å²) in [7, 11) is 0. The van der Waals surface area contributed by atoms with Crippen molar-refractivity contribution in [2.75, 3.05) is 26.2 Å². The maximum Gasteiger partial charge on any atom is 0.490 e. The van der Waals surface area contributed by atoms with Crippen LogP contribution < -0.4 is 10.3 Å². The van der Waals surface area contributed by atoms with Crippen LogP contribution in [0.1, 0.15) is 13.8 Å². The molecule has 2 N–H and O–H groups in total. The fraction of sp³-hybridized carbons (Fsp3) is 0.304. The lowest BCUT2D eigenvalue weighted by molar-refractivity contribution is -0.192. The zero-order valence-electron chi connectivity index (χ0n) is 18.1. The van der Waals surface area contributed by atoms with E-state index in [2.05, 4.69) is 23.7 Å². The Hall–Kier alpha value is -3.40. The standard InChI is InChI=1S/C21H23FN2O2.C2HF3O2/c1-3-24(4-2)12-13-26-20-17-11-10-16(22)14-18(17)21(25)23-19(20)15-8-6-5-7-9-15;3-2(4,5)1(6)7/h5-11,14H,3-4,12-13H2,1-2H3,(H,23,25);(H,6,7). The van der Waals surface area contributed by atoms with Crippen LogP contribution in [0.3, 0.4) is 0 Å². The van der Waals surface area contributed by atoms with Crippen molar-refractivity contribution in [3.05, 3.63) is 64.7 Å². The van der Waals surface area contributed by atoms with Crippen molar-refractivity contribution in [3.63, 3.8) is 0 Å². The first-order valence-corrected chi connectivity index (χ1v) is 10.1. The van der Waals surface area contributed by atoms with Gasteiger partial charge in [0.2, 0.25) is 0 Å². The van der Waals surface area contributed by atoms with Gasteiger partial charge in [-0.15, -0.1) is 0 Å². The largest absolute Gasteiger partial charge is 0.490 e. The molecule has 0 amide bonds.